The van der Waals surface area contributed by atoms with Crippen molar-refractivity contribution in [1.29, 1.82) is 0 Å². The fraction of sp³-hybridized carbons (Fsp3) is 0.0909. The molecule has 0 bridgehead atoms. The second kappa shape index (κ2) is 4.36. The van der Waals surface area contributed by atoms with Gasteiger partial charge in [0.15, 0.2) is 0 Å². The number of anilines is 2. The quantitative estimate of drug-likeness (QED) is 0.714. The number of nitrogens with two attached hydrogens (primary N) is 1. The predicted molar refractivity (Wildman–Crippen MR) is 58.3 cm³/mol. The van der Waals surface area contributed by atoms with E-state index in [4.69, 9.17) is 5.73 Å². The molecule has 0 saturated heterocycles. The van der Waals surface area contributed by atoms with Crippen LogP contribution < -0.4 is 10.6 Å². The molecular weight excluding hydrogens is 160 g/mol. The molecule has 0 unspecified atom stereocenters. The molecule has 1 aromatic rings. The Bertz CT molecular complexity index is 298. The van der Waals surface area contributed by atoms with Crippen molar-refractivity contribution in [3.8, 4) is 0 Å². The van der Waals surface area contributed by atoms with E-state index in [1.165, 1.54) is 0 Å². The third kappa shape index (κ3) is 2.37. The molecule has 0 amide bonds. The predicted octanol–water partition coefficient (Wildman–Crippen LogP) is 2.75. The second-order valence-electron chi connectivity index (χ2n) is 2.66. The van der Waals surface area contributed by atoms with Gasteiger partial charge in [-0.15, -0.1) is 0 Å². The molecular formula is C11H14N2. The van der Waals surface area contributed by atoms with Crippen molar-refractivity contribution in [2.75, 3.05) is 10.6 Å². The van der Waals surface area contributed by atoms with Crippen LogP contribution in [0.3, 0.4) is 0 Å². The number of hydrogen-bond donors (Lipinski definition) is 1. The third-order valence-corrected chi connectivity index (χ3v) is 1.70. The van der Waals surface area contributed by atoms with Crippen molar-refractivity contribution in [2.24, 2.45) is 0 Å². The molecule has 0 radical (unpaired) electrons. The zero-order valence-corrected chi connectivity index (χ0v) is 7.77. The van der Waals surface area contributed by atoms with E-state index in [1.54, 1.807) is 6.20 Å². The number of rotatable bonds is 3. The van der Waals surface area contributed by atoms with Gasteiger partial charge in [0, 0.05) is 23.8 Å². The highest BCUT2D eigenvalue weighted by molar-refractivity contribution is 5.56. The Kier molecular flexibility index (Phi) is 3.15. The number of nitrogen functional groups attached to an aromatic ring is 1. The van der Waals surface area contributed by atoms with Crippen LogP contribution in [0, 0.1) is 0 Å². The van der Waals surface area contributed by atoms with E-state index in [2.05, 4.69) is 6.58 Å². The largest absolute Gasteiger partial charge is 0.399 e. The fourth-order valence-electron chi connectivity index (χ4n) is 1.06. The lowest BCUT2D eigenvalue weighted by Crippen LogP contribution is -2.05. The maximum absolute atomic E-state index is 5.58. The maximum atomic E-state index is 5.58. The SMILES string of the molecule is C=CN(/C=C\C)c1ccc(N)cc1. The van der Waals surface area contributed by atoms with Gasteiger partial charge in [0.25, 0.3) is 0 Å². The topological polar surface area (TPSA) is 29.3 Å². The zero-order chi connectivity index (χ0) is 9.68. The molecule has 0 aromatic heterocycles. The monoisotopic (exact) mass is 174 g/mol. The van der Waals surface area contributed by atoms with E-state index >= 15 is 0 Å². The molecule has 2 N–H and O–H groups in total. The first-order valence-corrected chi connectivity index (χ1v) is 4.17. The van der Waals surface area contributed by atoms with Gasteiger partial charge in [0.2, 0.25) is 0 Å². The normalized spacial score (nSPS) is 10.2. The van der Waals surface area contributed by atoms with E-state index < -0.39 is 0 Å². The van der Waals surface area contributed by atoms with Crippen molar-refractivity contribution in [3.63, 3.8) is 0 Å². The molecule has 0 aliphatic carbocycles. The third-order valence-electron chi connectivity index (χ3n) is 1.70. The Morgan fingerprint density at radius 1 is 1.31 bits per heavy atom. The highest BCUT2D eigenvalue weighted by Gasteiger charge is 1.96. The van der Waals surface area contributed by atoms with Crippen molar-refractivity contribution >= 4 is 11.4 Å². The van der Waals surface area contributed by atoms with Crippen molar-refractivity contribution < 1.29 is 0 Å². The van der Waals surface area contributed by atoms with Gasteiger partial charge in [-0.1, -0.05) is 12.7 Å². The van der Waals surface area contributed by atoms with Crippen LogP contribution in [0.4, 0.5) is 11.4 Å². The second-order valence-corrected chi connectivity index (χ2v) is 2.66. The summed E-state index contributed by atoms with van der Waals surface area (Å²) >= 11 is 0. The van der Waals surface area contributed by atoms with Crippen molar-refractivity contribution in [1.82, 2.24) is 0 Å². The van der Waals surface area contributed by atoms with Crippen LogP contribution in [0.25, 0.3) is 0 Å². The maximum Gasteiger partial charge on any atom is 0.0450 e. The summed E-state index contributed by atoms with van der Waals surface area (Å²) in [5, 5.41) is 0. The summed E-state index contributed by atoms with van der Waals surface area (Å²) in [6.45, 7) is 5.69. The van der Waals surface area contributed by atoms with Gasteiger partial charge in [-0.2, -0.15) is 0 Å². The van der Waals surface area contributed by atoms with Gasteiger partial charge in [-0.25, -0.2) is 0 Å². The van der Waals surface area contributed by atoms with Crippen molar-refractivity contribution in [2.45, 2.75) is 6.92 Å². The standard InChI is InChI=1S/C11H14N2/c1-3-9-13(4-2)11-7-5-10(12)6-8-11/h3-9H,2,12H2,1H3/b9-3-. The highest BCUT2D eigenvalue weighted by atomic mass is 15.1. The summed E-state index contributed by atoms with van der Waals surface area (Å²) in [7, 11) is 0. The van der Waals surface area contributed by atoms with E-state index in [0.29, 0.717) is 0 Å². The molecule has 1 aromatic carbocycles. The number of nitrogens with zero attached hydrogens (tertiary/aromatic N) is 1. The Morgan fingerprint density at radius 3 is 2.38 bits per heavy atom. The zero-order valence-electron chi connectivity index (χ0n) is 7.77. The van der Waals surface area contributed by atoms with Gasteiger partial charge in [0.05, 0.1) is 0 Å². The van der Waals surface area contributed by atoms with Crippen LogP contribution in [0.15, 0.2) is 49.3 Å². The molecule has 0 aliphatic rings. The first-order valence-electron chi connectivity index (χ1n) is 4.17. The molecule has 0 spiro atoms. The number of benzene rings is 1. The minimum absolute atomic E-state index is 0.772. The van der Waals surface area contributed by atoms with E-state index in [-0.39, 0.29) is 0 Å². The number of allylic oxidation sites excluding steroid dienone is 1. The Morgan fingerprint density at radius 2 is 1.92 bits per heavy atom. The average Bonchev–Trinajstić information content (AvgIpc) is 2.16. The smallest absolute Gasteiger partial charge is 0.0450 e. The number of hydrogen-bond acceptors (Lipinski definition) is 2. The van der Waals surface area contributed by atoms with Crippen LogP contribution in [-0.4, -0.2) is 0 Å². The molecule has 0 fully saturated rings. The lowest BCUT2D eigenvalue weighted by molar-refractivity contribution is 1.28. The van der Waals surface area contributed by atoms with Gasteiger partial charge in [-0.05, 0) is 31.2 Å². The molecule has 13 heavy (non-hydrogen) atoms. The lowest BCUT2D eigenvalue weighted by Gasteiger charge is -2.14. The van der Waals surface area contributed by atoms with Gasteiger partial charge < -0.3 is 10.6 Å². The van der Waals surface area contributed by atoms with Crippen LogP contribution >= 0.6 is 0 Å². The Labute approximate surface area is 79.0 Å². The Balaban J connectivity index is 2.91. The first kappa shape index (κ1) is 9.39. The molecule has 68 valence electrons. The van der Waals surface area contributed by atoms with Crippen LogP contribution in [0.1, 0.15) is 6.92 Å². The fourth-order valence-corrected chi connectivity index (χ4v) is 1.06. The summed E-state index contributed by atoms with van der Waals surface area (Å²) in [6, 6.07) is 7.65. The van der Waals surface area contributed by atoms with E-state index in [1.807, 2.05) is 48.4 Å². The lowest BCUT2D eigenvalue weighted by atomic mass is 10.2. The molecule has 0 saturated carbocycles. The summed E-state index contributed by atoms with van der Waals surface area (Å²) in [5.41, 5.74) is 7.41. The van der Waals surface area contributed by atoms with E-state index in [9.17, 15) is 0 Å². The average molecular weight is 174 g/mol. The summed E-state index contributed by atoms with van der Waals surface area (Å²) in [4.78, 5) is 1.93. The highest BCUT2D eigenvalue weighted by Crippen LogP contribution is 2.16. The van der Waals surface area contributed by atoms with E-state index in [0.717, 1.165) is 11.4 Å². The minimum atomic E-state index is 0.772. The summed E-state index contributed by atoms with van der Waals surface area (Å²) in [6.07, 6.45) is 5.65. The van der Waals surface area contributed by atoms with Crippen molar-refractivity contribution in [3.05, 3.63) is 49.3 Å². The summed E-state index contributed by atoms with van der Waals surface area (Å²) in [5.74, 6) is 0. The molecule has 0 aliphatic heterocycles. The van der Waals surface area contributed by atoms with Gasteiger partial charge in [-0.3, -0.25) is 0 Å². The molecule has 0 heterocycles. The summed E-state index contributed by atoms with van der Waals surface area (Å²) < 4.78 is 0. The Hall–Kier alpha value is -1.70. The van der Waals surface area contributed by atoms with Gasteiger partial charge in [0.1, 0.15) is 0 Å². The van der Waals surface area contributed by atoms with Crippen LogP contribution in [0.2, 0.25) is 0 Å². The van der Waals surface area contributed by atoms with Crippen LogP contribution in [-0.2, 0) is 0 Å². The van der Waals surface area contributed by atoms with Crippen LogP contribution in [0.5, 0.6) is 0 Å². The molecule has 2 heteroatoms. The minimum Gasteiger partial charge on any atom is -0.399 e. The first-order chi connectivity index (χ1) is 6.27. The molecule has 2 nitrogen and oxygen atoms in total. The molecule has 0 atom stereocenters. The van der Waals surface area contributed by atoms with Gasteiger partial charge >= 0.3 is 0 Å². The molecule has 1 rings (SSSR count).